The Kier molecular flexibility index (Phi) is 2.84. The van der Waals surface area contributed by atoms with Gasteiger partial charge in [-0.2, -0.15) is 4.98 Å². The summed E-state index contributed by atoms with van der Waals surface area (Å²) in [6.07, 6.45) is 0. The maximum atomic E-state index is 10.8. The van der Waals surface area contributed by atoms with Crippen molar-refractivity contribution in [1.29, 1.82) is 0 Å². The zero-order chi connectivity index (χ0) is 12.4. The summed E-state index contributed by atoms with van der Waals surface area (Å²) in [5.74, 6) is 0.419. The molecule has 7 nitrogen and oxygen atoms in total. The molecule has 0 aliphatic carbocycles. The Hall–Kier alpha value is -2.28. The molecule has 0 aliphatic heterocycles. The van der Waals surface area contributed by atoms with Gasteiger partial charge in [0.15, 0.2) is 5.82 Å². The number of hydrogen-bond donors (Lipinski definition) is 1. The standard InChI is InChI=1S/C10H10N4O3/c1-6(11)9-12-10(17-13-9)7-4-2-3-5-8(7)14(15)16/h2-6H,11H2,1H3. The van der Waals surface area contributed by atoms with Crippen LogP contribution >= 0.6 is 0 Å². The monoisotopic (exact) mass is 234 g/mol. The van der Waals surface area contributed by atoms with E-state index in [1.807, 2.05) is 0 Å². The Morgan fingerprint density at radius 2 is 2.18 bits per heavy atom. The van der Waals surface area contributed by atoms with Crippen LogP contribution < -0.4 is 5.73 Å². The predicted molar refractivity (Wildman–Crippen MR) is 59.0 cm³/mol. The molecule has 7 heteroatoms. The zero-order valence-corrected chi connectivity index (χ0v) is 9.03. The quantitative estimate of drug-likeness (QED) is 0.639. The van der Waals surface area contributed by atoms with Crippen LogP contribution in [-0.4, -0.2) is 15.1 Å². The van der Waals surface area contributed by atoms with Crippen molar-refractivity contribution < 1.29 is 9.45 Å². The molecule has 1 heterocycles. The number of hydrogen-bond acceptors (Lipinski definition) is 6. The van der Waals surface area contributed by atoms with Gasteiger partial charge in [-0.1, -0.05) is 17.3 Å². The Morgan fingerprint density at radius 3 is 2.76 bits per heavy atom. The largest absolute Gasteiger partial charge is 0.334 e. The molecule has 2 aromatic rings. The van der Waals surface area contributed by atoms with Crippen molar-refractivity contribution in [2.45, 2.75) is 13.0 Å². The predicted octanol–water partition coefficient (Wildman–Crippen LogP) is 1.66. The van der Waals surface area contributed by atoms with E-state index in [1.54, 1.807) is 25.1 Å². The van der Waals surface area contributed by atoms with E-state index in [1.165, 1.54) is 6.07 Å². The third-order valence-electron chi connectivity index (χ3n) is 2.18. The van der Waals surface area contributed by atoms with E-state index in [-0.39, 0.29) is 23.2 Å². The van der Waals surface area contributed by atoms with Crippen LogP contribution in [0.15, 0.2) is 28.8 Å². The van der Waals surface area contributed by atoms with Gasteiger partial charge in [0.2, 0.25) is 0 Å². The number of nitrogens with two attached hydrogens (primary N) is 1. The molecule has 0 amide bonds. The summed E-state index contributed by atoms with van der Waals surface area (Å²) in [5, 5.41) is 14.5. The fourth-order valence-corrected chi connectivity index (χ4v) is 1.34. The highest BCUT2D eigenvalue weighted by molar-refractivity contribution is 5.66. The second-order valence-corrected chi connectivity index (χ2v) is 3.52. The number of rotatable bonds is 3. The van der Waals surface area contributed by atoms with Crippen LogP contribution in [-0.2, 0) is 0 Å². The molecular formula is C10H10N4O3. The van der Waals surface area contributed by atoms with Crippen LogP contribution in [0.5, 0.6) is 0 Å². The highest BCUT2D eigenvalue weighted by Gasteiger charge is 2.20. The van der Waals surface area contributed by atoms with E-state index in [4.69, 9.17) is 10.3 Å². The molecule has 1 aromatic heterocycles. The highest BCUT2D eigenvalue weighted by atomic mass is 16.6. The third kappa shape index (κ3) is 2.13. The average Bonchev–Trinajstić information content (AvgIpc) is 2.78. The van der Waals surface area contributed by atoms with Crippen molar-refractivity contribution in [2.24, 2.45) is 5.73 Å². The minimum absolute atomic E-state index is 0.0765. The highest BCUT2D eigenvalue weighted by Crippen LogP contribution is 2.28. The van der Waals surface area contributed by atoms with E-state index in [0.717, 1.165) is 0 Å². The molecule has 0 spiro atoms. The number of aromatic nitrogens is 2. The molecule has 1 atom stereocenters. The zero-order valence-electron chi connectivity index (χ0n) is 9.03. The van der Waals surface area contributed by atoms with Crippen molar-refractivity contribution >= 4 is 5.69 Å². The molecule has 0 radical (unpaired) electrons. The molecule has 1 aromatic carbocycles. The lowest BCUT2D eigenvalue weighted by Crippen LogP contribution is -2.06. The molecule has 17 heavy (non-hydrogen) atoms. The van der Waals surface area contributed by atoms with Crippen LogP contribution in [0.4, 0.5) is 5.69 Å². The molecule has 0 fully saturated rings. The fraction of sp³-hybridized carbons (Fsp3) is 0.200. The molecule has 0 saturated carbocycles. The lowest BCUT2D eigenvalue weighted by Gasteiger charge is -1.96. The van der Waals surface area contributed by atoms with Gasteiger partial charge in [-0.15, -0.1) is 0 Å². The van der Waals surface area contributed by atoms with Crippen molar-refractivity contribution in [3.8, 4) is 11.5 Å². The molecule has 2 rings (SSSR count). The topological polar surface area (TPSA) is 108 Å². The number of nitro benzene ring substituents is 1. The van der Waals surface area contributed by atoms with Gasteiger partial charge in [0.05, 0.1) is 11.0 Å². The summed E-state index contributed by atoms with van der Waals surface area (Å²) in [6.45, 7) is 1.70. The molecule has 1 unspecified atom stereocenters. The maximum Gasteiger partial charge on any atom is 0.282 e. The van der Waals surface area contributed by atoms with Crippen molar-refractivity contribution in [3.63, 3.8) is 0 Å². The Bertz CT molecular complexity index is 550. The first-order valence-corrected chi connectivity index (χ1v) is 4.92. The second-order valence-electron chi connectivity index (χ2n) is 3.52. The van der Waals surface area contributed by atoms with Gasteiger partial charge in [-0.3, -0.25) is 10.1 Å². The van der Waals surface area contributed by atoms with Crippen molar-refractivity contribution in [1.82, 2.24) is 10.1 Å². The van der Waals surface area contributed by atoms with Gasteiger partial charge in [-0.05, 0) is 13.0 Å². The number of nitro groups is 1. The molecule has 0 bridgehead atoms. The van der Waals surface area contributed by atoms with Gasteiger partial charge in [-0.25, -0.2) is 0 Å². The Morgan fingerprint density at radius 1 is 1.47 bits per heavy atom. The minimum atomic E-state index is -0.495. The molecule has 88 valence electrons. The summed E-state index contributed by atoms with van der Waals surface area (Å²) in [7, 11) is 0. The van der Waals surface area contributed by atoms with E-state index < -0.39 is 4.92 Å². The summed E-state index contributed by atoms with van der Waals surface area (Å²) >= 11 is 0. The average molecular weight is 234 g/mol. The summed E-state index contributed by atoms with van der Waals surface area (Å²) in [6, 6.07) is 5.79. The second kappa shape index (κ2) is 4.30. The number of para-hydroxylation sites is 1. The Labute approximate surface area is 96.4 Å². The summed E-state index contributed by atoms with van der Waals surface area (Å²) in [5.41, 5.74) is 5.80. The van der Waals surface area contributed by atoms with E-state index >= 15 is 0 Å². The van der Waals surface area contributed by atoms with Gasteiger partial charge in [0.25, 0.3) is 11.6 Å². The summed E-state index contributed by atoms with van der Waals surface area (Å²) in [4.78, 5) is 14.3. The lowest BCUT2D eigenvalue weighted by atomic mass is 10.2. The van der Waals surface area contributed by atoms with Crippen molar-refractivity contribution in [2.75, 3.05) is 0 Å². The molecule has 0 saturated heterocycles. The van der Waals surface area contributed by atoms with Crippen LogP contribution in [0, 0.1) is 10.1 Å². The van der Waals surface area contributed by atoms with Crippen LogP contribution in [0.25, 0.3) is 11.5 Å². The van der Waals surface area contributed by atoms with Gasteiger partial charge in [0.1, 0.15) is 5.56 Å². The third-order valence-corrected chi connectivity index (χ3v) is 2.18. The fourth-order valence-electron chi connectivity index (χ4n) is 1.34. The summed E-state index contributed by atoms with van der Waals surface area (Å²) < 4.78 is 4.96. The van der Waals surface area contributed by atoms with Crippen LogP contribution in [0.1, 0.15) is 18.8 Å². The molecule has 2 N–H and O–H groups in total. The lowest BCUT2D eigenvalue weighted by molar-refractivity contribution is -0.384. The first kappa shape index (κ1) is 11.2. The van der Waals surface area contributed by atoms with Gasteiger partial charge in [0, 0.05) is 6.07 Å². The maximum absolute atomic E-state index is 10.8. The molecular weight excluding hydrogens is 224 g/mol. The van der Waals surface area contributed by atoms with E-state index in [9.17, 15) is 10.1 Å². The smallest absolute Gasteiger partial charge is 0.282 e. The van der Waals surface area contributed by atoms with Crippen LogP contribution in [0.2, 0.25) is 0 Å². The van der Waals surface area contributed by atoms with Crippen molar-refractivity contribution in [3.05, 3.63) is 40.2 Å². The van der Waals surface area contributed by atoms with E-state index in [2.05, 4.69) is 10.1 Å². The van der Waals surface area contributed by atoms with Gasteiger partial charge < -0.3 is 10.3 Å². The molecule has 0 aliphatic rings. The Balaban J connectivity index is 2.49. The first-order chi connectivity index (χ1) is 8.09. The first-order valence-electron chi connectivity index (χ1n) is 4.92. The van der Waals surface area contributed by atoms with Crippen LogP contribution in [0.3, 0.4) is 0 Å². The number of benzene rings is 1. The van der Waals surface area contributed by atoms with Gasteiger partial charge >= 0.3 is 0 Å². The number of nitrogens with zero attached hydrogens (tertiary/aromatic N) is 3. The van der Waals surface area contributed by atoms with E-state index in [0.29, 0.717) is 5.82 Å². The SMILES string of the molecule is CC(N)c1noc(-c2ccccc2[N+](=O)[O-])n1. The normalized spacial score (nSPS) is 12.4. The minimum Gasteiger partial charge on any atom is -0.334 e.